The molecule has 2 nitrogen and oxygen atoms in total. The van der Waals surface area contributed by atoms with Crippen LogP contribution in [0.5, 0.6) is 0 Å². The molecule has 1 saturated heterocycles. The minimum absolute atomic E-state index is 0.485. The van der Waals surface area contributed by atoms with Crippen LogP contribution < -0.4 is 10.2 Å². The Balaban J connectivity index is 2.02. The average molecular weight is 281 g/mol. The van der Waals surface area contributed by atoms with E-state index in [1.54, 1.807) is 0 Å². The van der Waals surface area contributed by atoms with Gasteiger partial charge < -0.3 is 10.2 Å². The second kappa shape index (κ2) is 6.62. The predicted octanol–water partition coefficient (Wildman–Crippen LogP) is 4.07. The minimum atomic E-state index is 0.485. The van der Waals surface area contributed by atoms with E-state index in [2.05, 4.69) is 49.2 Å². The van der Waals surface area contributed by atoms with E-state index >= 15 is 0 Å². The van der Waals surface area contributed by atoms with Gasteiger partial charge in [0.15, 0.2) is 0 Å². The highest BCUT2D eigenvalue weighted by atomic mass is 35.5. The molecule has 3 heteroatoms. The van der Waals surface area contributed by atoms with Crippen molar-refractivity contribution in [3.63, 3.8) is 0 Å². The first-order valence-corrected chi connectivity index (χ1v) is 7.71. The maximum Gasteiger partial charge on any atom is 0.0471 e. The summed E-state index contributed by atoms with van der Waals surface area (Å²) < 4.78 is 0. The van der Waals surface area contributed by atoms with Gasteiger partial charge in [-0.1, -0.05) is 38.4 Å². The molecule has 0 unspecified atom stereocenters. The van der Waals surface area contributed by atoms with Crippen LogP contribution in [0, 0.1) is 5.92 Å². The summed E-state index contributed by atoms with van der Waals surface area (Å²) >= 11 is 6.39. The Hall–Kier alpha value is -0.730. The number of halogens is 1. The summed E-state index contributed by atoms with van der Waals surface area (Å²) in [5.41, 5.74) is 2.45. The van der Waals surface area contributed by atoms with Gasteiger partial charge in [-0.2, -0.15) is 0 Å². The molecule has 1 aromatic rings. The lowest BCUT2D eigenvalue weighted by Crippen LogP contribution is -2.32. The second-order valence-electron chi connectivity index (χ2n) is 5.98. The molecule has 1 heterocycles. The van der Waals surface area contributed by atoms with Crippen LogP contribution in [0.15, 0.2) is 18.2 Å². The first kappa shape index (κ1) is 14.7. The van der Waals surface area contributed by atoms with E-state index in [4.69, 9.17) is 11.6 Å². The maximum atomic E-state index is 6.39. The van der Waals surface area contributed by atoms with Crippen LogP contribution in [0.1, 0.15) is 39.2 Å². The van der Waals surface area contributed by atoms with Crippen molar-refractivity contribution >= 4 is 17.3 Å². The summed E-state index contributed by atoms with van der Waals surface area (Å²) in [6.07, 6.45) is 2.57. The lowest BCUT2D eigenvalue weighted by molar-refractivity contribution is 0.438. The summed E-state index contributed by atoms with van der Waals surface area (Å²) in [5, 5.41) is 4.29. The van der Waals surface area contributed by atoms with Crippen LogP contribution in [0.3, 0.4) is 0 Å². The number of rotatable bonds is 4. The number of hydrogen-bond acceptors (Lipinski definition) is 2. The largest absolute Gasteiger partial charge is 0.371 e. The van der Waals surface area contributed by atoms with Gasteiger partial charge >= 0.3 is 0 Å². The molecule has 0 atom stereocenters. The minimum Gasteiger partial charge on any atom is -0.371 e. The predicted molar refractivity (Wildman–Crippen MR) is 84.0 cm³/mol. The number of benzene rings is 1. The standard InChI is InChI=1S/C16H25ClN2/c1-12(2)18-11-14-4-5-15(10-16(14)17)19-8-6-13(3)7-9-19/h4-5,10,12-13,18H,6-9,11H2,1-3H3. The molecule has 0 aromatic heterocycles. The molecule has 1 aliphatic heterocycles. The normalized spacial score (nSPS) is 17.2. The van der Waals surface area contributed by atoms with Crippen LogP contribution in [0.25, 0.3) is 0 Å². The van der Waals surface area contributed by atoms with E-state index in [-0.39, 0.29) is 0 Å². The number of hydrogen-bond donors (Lipinski definition) is 1. The fraction of sp³-hybridized carbons (Fsp3) is 0.625. The smallest absolute Gasteiger partial charge is 0.0471 e. The Kier molecular flexibility index (Phi) is 5.12. The summed E-state index contributed by atoms with van der Waals surface area (Å²) in [7, 11) is 0. The quantitative estimate of drug-likeness (QED) is 0.894. The lowest BCUT2D eigenvalue weighted by Gasteiger charge is -2.32. The Bertz CT molecular complexity index is 409. The molecule has 1 fully saturated rings. The van der Waals surface area contributed by atoms with Crippen LogP contribution in [-0.4, -0.2) is 19.1 Å². The van der Waals surface area contributed by atoms with Crippen molar-refractivity contribution < 1.29 is 0 Å². The highest BCUT2D eigenvalue weighted by Crippen LogP contribution is 2.27. The van der Waals surface area contributed by atoms with E-state index in [0.29, 0.717) is 6.04 Å². The van der Waals surface area contributed by atoms with Gasteiger partial charge in [0, 0.05) is 36.4 Å². The zero-order valence-electron chi connectivity index (χ0n) is 12.2. The second-order valence-corrected chi connectivity index (χ2v) is 6.39. The van der Waals surface area contributed by atoms with Gasteiger partial charge in [0.2, 0.25) is 0 Å². The highest BCUT2D eigenvalue weighted by Gasteiger charge is 2.16. The number of nitrogens with zero attached hydrogens (tertiary/aromatic N) is 1. The molecule has 0 aliphatic carbocycles. The van der Waals surface area contributed by atoms with Crippen LogP contribution >= 0.6 is 11.6 Å². The van der Waals surface area contributed by atoms with E-state index in [1.165, 1.54) is 24.1 Å². The zero-order valence-corrected chi connectivity index (χ0v) is 13.0. The molecular formula is C16H25ClN2. The topological polar surface area (TPSA) is 15.3 Å². The molecule has 106 valence electrons. The summed E-state index contributed by atoms with van der Waals surface area (Å²) in [6, 6.07) is 6.97. The SMILES string of the molecule is CC1CCN(c2ccc(CNC(C)C)c(Cl)c2)CC1. The molecule has 0 saturated carbocycles. The van der Waals surface area contributed by atoms with Crippen LogP contribution in [0.2, 0.25) is 5.02 Å². The number of piperidine rings is 1. The van der Waals surface area contributed by atoms with Gasteiger partial charge in [-0.25, -0.2) is 0 Å². The van der Waals surface area contributed by atoms with Crippen LogP contribution in [-0.2, 0) is 6.54 Å². The lowest BCUT2D eigenvalue weighted by atomic mass is 9.98. The highest BCUT2D eigenvalue weighted by molar-refractivity contribution is 6.31. The van der Waals surface area contributed by atoms with Crippen molar-refractivity contribution in [1.82, 2.24) is 5.32 Å². The van der Waals surface area contributed by atoms with Crippen molar-refractivity contribution in [2.45, 2.75) is 46.2 Å². The third-order valence-corrected chi connectivity index (χ3v) is 4.24. The molecule has 0 radical (unpaired) electrons. The molecule has 19 heavy (non-hydrogen) atoms. The van der Waals surface area contributed by atoms with Crippen molar-refractivity contribution in [2.75, 3.05) is 18.0 Å². The fourth-order valence-corrected chi connectivity index (χ4v) is 2.70. The van der Waals surface area contributed by atoms with Gasteiger partial charge in [0.1, 0.15) is 0 Å². The van der Waals surface area contributed by atoms with Crippen molar-refractivity contribution in [2.24, 2.45) is 5.92 Å². The maximum absolute atomic E-state index is 6.39. The fourth-order valence-electron chi connectivity index (χ4n) is 2.46. The molecule has 1 N–H and O–H groups in total. The first-order valence-electron chi connectivity index (χ1n) is 7.33. The molecule has 0 spiro atoms. The van der Waals surface area contributed by atoms with Crippen molar-refractivity contribution in [3.8, 4) is 0 Å². The number of nitrogens with one attached hydrogen (secondary N) is 1. The van der Waals surface area contributed by atoms with Gasteiger partial charge in [-0.3, -0.25) is 0 Å². The molecule has 2 rings (SSSR count). The van der Waals surface area contributed by atoms with Gasteiger partial charge in [0.05, 0.1) is 0 Å². The number of anilines is 1. The molecule has 0 bridgehead atoms. The van der Waals surface area contributed by atoms with E-state index in [1.807, 2.05) is 0 Å². The molecule has 1 aromatic carbocycles. The Morgan fingerprint density at radius 1 is 1.32 bits per heavy atom. The van der Waals surface area contributed by atoms with E-state index < -0.39 is 0 Å². The first-order chi connectivity index (χ1) is 9.06. The summed E-state index contributed by atoms with van der Waals surface area (Å²) in [5.74, 6) is 0.862. The van der Waals surface area contributed by atoms with Gasteiger partial charge in [-0.05, 0) is 36.5 Å². The molecular weight excluding hydrogens is 256 g/mol. The Morgan fingerprint density at radius 2 is 2.00 bits per heavy atom. The van der Waals surface area contributed by atoms with Crippen LogP contribution in [0.4, 0.5) is 5.69 Å². The molecule has 1 aliphatic rings. The van der Waals surface area contributed by atoms with Gasteiger partial charge in [0.25, 0.3) is 0 Å². The summed E-state index contributed by atoms with van der Waals surface area (Å²) in [4.78, 5) is 2.45. The monoisotopic (exact) mass is 280 g/mol. The zero-order chi connectivity index (χ0) is 13.8. The molecule has 0 amide bonds. The van der Waals surface area contributed by atoms with Crippen molar-refractivity contribution in [3.05, 3.63) is 28.8 Å². The third kappa shape index (κ3) is 4.12. The average Bonchev–Trinajstić information content (AvgIpc) is 2.38. The van der Waals surface area contributed by atoms with Crippen molar-refractivity contribution in [1.29, 1.82) is 0 Å². The third-order valence-electron chi connectivity index (χ3n) is 3.89. The summed E-state index contributed by atoms with van der Waals surface area (Å²) in [6.45, 7) is 9.79. The Labute approximate surface area is 122 Å². The van der Waals surface area contributed by atoms with E-state index in [9.17, 15) is 0 Å². The Morgan fingerprint density at radius 3 is 2.58 bits per heavy atom. The van der Waals surface area contributed by atoms with Gasteiger partial charge in [-0.15, -0.1) is 0 Å². The van der Waals surface area contributed by atoms with E-state index in [0.717, 1.165) is 30.6 Å².